The molecule has 0 bridgehead atoms. The second-order valence-electron chi connectivity index (χ2n) is 8.53. The predicted octanol–water partition coefficient (Wildman–Crippen LogP) is 2.37. The third-order valence-electron chi connectivity index (χ3n) is 5.34. The SMILES string of the molecule is COCCOCCOCCOc1cc(COc2cc(CO)cc(CO)c2)cc(OCCOCCOCCOC)c1. The summed E-state index contributed by atoms with van der Waals surface area (Å²) < 4.78 is 49.5. The Hall–Kier alpha value is -2.48. The molecule has 2 N–H and O–H groups in total. The molecule has 0 spiro atoms. The van der Waals surface area contributed by atoms with Gasteiger partial charge in [-0.15, -0.1) is 0 Å². The number of benzene rings is 2. The molecule has 0 amide bonds. The number of hydrogen-bond donors (Lipinski definition) is 2. The van der Waals surface area contributed by atoms with Crippen LogP contribution in [0.4, 0.5) is 0 Å². The molecule has 0 atom stereocenters. The first-order valence-electron chi connectivity index (χ1n) is 13.3. The molecule has 11 heteroatoms. The molecule has 0 saturated carbocycles. The van der Waals surface area contributed by atoms with Crippen molar-refractivity contribution in [2.45, 2.75) is 19.8 Å². The fraction of sp³-hybridized carbons (Fsp3) is 0.586. The molecular weight excluding hydrogens is 524 g/mol. The highest BCUT2D eigenvalue weighted by atomic mass is 16.6. The molecule has 0 aromatic heterocycles. The average molecular weight is 569 g/mol. The summed E-state index contributed by atoms with van der Waals surface area (Å²) in [4.78, 5) is 0. The zero-order valence-corrected chi connectivity index (χ0v) is 23.6. The van der Waals surface area contributed by atoms with E-state index in [0.29, 0.717) is 108 Å². The molecule has 226 valence electrons. The maximum Gasteiger partial charge on any atom is 0.123 e. The minimum atomic E-state index is -0.145. The van der Waals surface area contributed by atoms with E-state index in [1.807, 2.05) is 18.2 Å². The zero-order valence-electron chi connectivity index (χ0n) is 23.6. The van der Waals surface area contributed by atoms with Gasteiger partial charge in [0, 0.05) is 20.3 Å². The highest BCUT2D eigenvalue weighted by molar-refractivity contribution is 5.39. The van der Waals surface area contributed by atoms with Gasteiger partial charge >= 0.3 is 0 Å². The fourth-order valence-corrected chi connectivity index (χ4v) is 3.41. The van der Waals surface area contributed by atoms with Gasteiger partial charge in [-0.3, -0.25) is 0 Å². The first-order chi connectivity index (χ1) is 19.7. The quantitative estimate of drug-likeness (QED) is 0.172. The van der Waals surface area contributed by atoms with Crippen molar-refractivity contribution in [3.05, 3.63) is 53.1 Å². The summed E-state index contributed by atoms with van der Waals surface area (Å²) in [7, 11) is 3.26. The van der Waals surface area contributed by atoms with Gasteiger partial charge in [0.25, 0.3) is 0 Å². The van der Waals surface area contributed by atoms with Gasteiger partial charge < -0.3 is 52.8 Å². The lowest BCUT2D eigenvalue weighted by atomic mass is 10.1. The molecule has 0 fully saturated rings. The summed E-state index contributed by atoms with van der Waals surface area (Å²) in [5.74, 6) is 1.78. The lowest BCUT2D eigenvalue weighted by Crippen LogP contribution is -2.13. The molecule has 0 saturated heterocycles. The van der Waals surface area contributed by atoms with E-state index in [9.17, 15) is 10.2 Å². The largest absolute Gasteiger partial charge is 0.491 e. The van der Waals surface area contributed by atoms with E-state index in [1.54, 1.807) is 32.4 Å². The average Bonchev–Trinajstić information content (AvgIpc) is 2.98. The van der Waals surface area contributed by atoms with Gasteiger partial charge in [-0.05, 0) is 41.0 Å². The maximum atomic E-state index is 9.50. The minimum absolute atomic E-state index is 0.145. The van der Waals surface area contributed by atoms with Gasteiger partial charge in [0.1, 0.15) is 37.1 Å². The van der Waals surface area contributed by atoms with Crippen molar-refractivity contribution < 1.29 is 52.8 Å². The lowest BCUT2D eigenvalue weighted by molar-refractivity contribution is 0.0174. The standard InChI is InChI=1S/C29H44O11/c1-32-3-5-34-7-9-36-11-13-38-28-18-26(23-40-27-16-24(21-30)15-25(17-27)22-31)19-29(20-28)39-14-12-37-10-8-35-6-4-33-2/h15-20,30-31H,3-14,21-23H2,1-2H3. The van der Waals surface area contributed by atoms with E-state index in [-0.39, 0.29) is 19.8 Å². The van der Waals surface area contributed by atoms with Gasteiger partial charge in [0.2, 0.25) is 0 Å². The second-order valence-corrected chi connectivity index (χ2v) is 8.53. The molecule has 0 heterocycles. The molecule has 2 aromatic carbocycles. The van der Waals surface area contributed by atoms with Crippen LogP contribution in [0.15, 0.2) is 36.4 Å². The Balaban J connectivity index is 1.88. The summed E-state index contributed by atoms with van der Waals surface area (Å²) in [5.41, 5.74) is 2.15. The van der Waals surface area contributed by atoms with Gasteiger partial charge in [-0.25, -0.2) is 0 Å². The van der Waals surface area contributed by atoms with E-state index in [4.69, 9.17) is 42.6 Å². The summed E-state index contributed by atoms with van der Waals surface area (Å²) in [6.45, 7) is 5.56. The summed E-state index contributed by atoms with van der Waals surface area (Å²) >= 11 is 0. The normalized spacial score (nSPS) is 11.1. The number of aliphatic hydroxyl groups excluding tert-OH is 2. The molecule has 0 aliphatic carbocycles. The van der Waals surface area contributed by atoms with Crippen molar-refractivity contribution in [1.29, 1.82) is 0 Å². The molecular formula is C29H44O11. The van der Waals surface area contributed by atoms with Crippen molar-refractivity contribution in [3.63, 3.8) is 0 Å². The van der Waals surface area contributed by atoms with Gasteiger partial charge in [-0.2, -0.15) is 0 Å². The Kier molecular flexibility index (Phi) is 18.7. The number of aliphatic hydroxyl groups is 2. The van der Waals surface area contributed by atoms with Crippen molar-refractivity contribution in [2.75, 3.05) is 93.5 Å². The zero-order chi connectivity index (χ0) is 28.7. The summed E-state index contributed by atoms with van der Waals surface area (Å²) in [5, 5.41) is 19.0. The first kappa shape index (κ1) is 33.7. The smallest absolute Gasteiger partial charge is 0.123 e. The third-order valence-corrected chi connectivity index (χ3v) is 5.34. The molecule has 0 radical (unpaired) electrons. The number of ether oxygens (including phenoxy) is 9. The monoisotopic (exact) mass is 568 g/mol. The molecule has 2 rings (SSSR count). The van der Waals surface area contributed by atoms with Crippen LogP contribution < -0.4 is 14.2 Å². The molecule has 40 heavy (non-hydrogen) atoms. The van der Waals surface area contributed by atoms with E-state index in [0.717, 1.165) is 5.56 Å². The molecule has 0 unspecified atom stereocenters. The van der Waals surface area contributed by atoms with Crippen LogP contribution in [0.3, 0.4) is 0 Å². The molecule has 11 nitrogen and oxygen atoms in total. The van der Waals surface area contributed by atoms with E-state index < -0.39 is 0 Å². The van der Waals surface area contributed by atoms with Crippen LogP contribution >= 0.6 is 0 Å². The lowest BCUT2D eigenvalue weighted by Gasteiger charge is -2.14. The van der Waals surface area contributed by atoms with E-state index >= 15 is 0 Å². The van der Waals surface area contributed by atoms with Crippen molar-refractivity contribution in [1.82, 2.24) is 0 Å². The molecule has 0 aliphatic rings. The summed E-state index contributed by atoms with van der Waals surface area (Å²) in [6, 6.07) is 10.8. The molecule has 2 aromatic rings. The highest BCUT2D eigenvalue weighted by Gasteiger charge is 2.07. The topological polar surface area (TPSA) is 124 Å². The van der Waals surface area contributed by atoms with Crippen LogP contribution in [-0.2, 0) is 48.2 Å². The van der Waals surface area contributed by atoms with Gasteiger partial charge in [-0.1, -0.05) is 6.07 Å². The number of hydrogen-bond acceptors (Lipinski definition) is 11. The van der Waals surface area contributed by atoms with E-state index in [1.165, 1.54) is 0 Å². The van der Waals surface area contributed by atoms with Crippen LogP contribution in [0.2, 0.25) is 0 Å². The van der Waals surface area contributed by atoms with Gasteiger partial charge in [0.05, 0.1) is 79.3 Å². The summed E-state index contributed by atoms with van der Waals surface area (Å²) in [6.07, 6.45) is 0. The van der Waals surface area contributed by atoms with Crippen LogP contribution in [0, 0.1) is 0 Å². The Labute approximate surface area is 236 Å². The van der Waals surface area contributed by atoms with Crippen molar-refractivity contribution in [3.8, 4) is 17.2 Å². The minimum Gasteiger partial charge on any atom is -0.491 e. The Morgan fingerprint density at radius 3 is 1.23 bits per heavy atom. The number of rotatable bonds is 25. The van der Waals surface area contributed by atoms with Crippen molar-refractivity contribution >= 4 is 0 Å². The van der Waals surface area contributed by atoms with Crippen LogP contribution in [-0.4, -0.2) is 104 Å². The second kappa shape index (κ2) is 22.2. The van der Waals surface area contributed by atoms with Crippen LogP contribution in [0.1, 0.15) is 16.7 Å². The Morgan fingerprint density at radius 1 is 0.425 bits per heavy atom. The Morgan fingerprint density at radius 2 is 0.800 bits per heavy atom. The van der Waals surface area contributed by atoms with Crippen LogP contribution in [0.25, 0.3) is 0 Å². The number of methoxy groups -OCH3 is 2. The molecule has 0 aliphatic heterocycles. The maximum absolute atomic E-state index is 9.50. The predicted molar refractivity (Wildman–Crippen MR) is 147 cm³/mol. The Bertz CT molecular complexity index is 847. The van der Waals surface area contributed by atoms with Crippen LogP contribution in [0.5, 0.6) is 17.2 Å². The fourth-order valence-electron chi connectivity index (χ4n) is 3.41. The van der Waals surface area contributed by atoms with E-state index in [2.05, 4.69) is 0 Å². The van der Waals surface area contributed by atoms with Crippen molar-refractivity contribution in [2.24, 2.45) is 0 Å². The first-order valence-corrected chi connectivity index (χ1v) is 13.3. The van der Waals surface area contributed by atoms with Gasteiger partial charge in [0.15, 0.2) is 0 Å². The third kappa shape index (κ3) is 15.3. The highest BCUT2D eigenvalue weighted by Crippen LogP contribution is 2.25.